The highest BCUT2D eigenvalue weighted by Gasteiger charge is 2.19. The minimum absolute atomic E-state index is 0.0313. The summed E-state index contributed by atoms with van der Waals surface area (Å²) in [7, 11) is 0. The lowest BCUT2D eigenvalue weighted by Gasteiger charge is -2.16. The van der Waals surface area contributed by atoms with Gasteiger partial charge in [0, 0.05) is 23.0 Å². The number of nitrogens with zero attached hydrogens (tertiary/aromatic N) is 2. The zero-order chi connectivity index (χ0) is 13.3. The lowest BCUT2D eigenvalue weighted by Crippen LogP contribution is -2.06. The summed E-state index contributed by atoms with van der Waals surface area (Å²) in [5, 5.41) is 11.7. The Morgan fingerprint density at radius 3 is 2.67 bits per heavy atom. The van der Waals surface area contributed by atoms with E-state index in [-0.39, 0.29) is 17.0 Å². The number of hydrogen-bond donors (Lipinski definition) is 0. The maximum atomic E-state index is 11.0. The summed E-state index contributed by atoms with van der Waals surface area (Å²) >= 11 is 6.11. The number of nitro groups is 1. The Morgan fingerprint density at radius 2 is 2.06 bits per heavy atom. The van der Waals surface area contributed by atoms with E-state index < -0.39 is 4.92 Å². The largest absolute Gasteiger partial charge is 0.295 e. The van der Waals surface area contributed by atoms with Gasteiger partial charge in [0.15, 0.2) is 0 Å². The lowest BCUT2D eigenvalue weighted by atomic mass is 9.94. The smallest absolute Gasteiger partial charge is 0.258 e. The first-order valence-corrected chi connectivity index (χ1v) is 6.12. The second-order valence-electron chi connectivity index (χ2n) is 4.30. The van der Waals surface area contributed by atoms with Crippen molar-refractivity contribution in [3.05, 3.63) is 46.1 Å². The predicted molar refractivity (Wildman–Crippen MR) is 72.1 cm³/mol. The van der Waals surface area contributed by atoms with Crippen molar-refractivity contribution >= 4 is 28.2 Å². The Labute approximate surface area is 110 Å². The molecule has 0 bridgehead atoms. The lowest BCUT2D eigenvalue weighted by molar-refractivity contribution is -0.383. The number of rotatable bonds is 3. The van der Waals surface area contributed by atoms with Gasteiger partial charge < -0.3 is 0 Å². The van der Waals surface area contributed by atoms with Crippen molar-refractivity contribution < 1.29 is 4.92 Å². The molecular formula is C13H13ClN2O2. The molecule has 18 heavy (non-hydrogen) atoms. The zero-order valence-corrected chi connectivity index (χ0v) is 10.9. The number of alkyl halides is 1. The Bertz CT molecular complexity index is 599. The second kappa shape index (κ2) is 4.90. The molecule has 1 aromatic carbocycles. The molecule has 0 aliphatic rings. The molecule has 2 rings (SSSR count). The van der Waals surface area contributed by atoms with Crippen molar-refractivity contribution in [3.8, 4) is 0 Å². The number of fused-ring (bicyclic) bond motifs is 1. The third kappa shape index (κ3) is 2.16. The first kappa shape index (κ1) is 12.8. The summed E-state index contributed by atoms with van der Waals surface area (Å²) in [6.45, 7) is 3.92. The van der Waals surface area contributed by atoms with Crippen LogP contribution in [0.1, 0.15) is 25.3 Å². The van der Waals surface area contributed by atoms with E-state index in [4.69, 9.17) is 11.6 Å². The van der Waals surface area contributed by atoms with E-state index in [1.165, 1.54) is 6.07 Å². The van der Waals surface area contributed by atoms with Crippen molar-refractivity contribution in [1.29, 1.82) is 0 Å². The fourth-order valence-electron chi connectivity index (χ4n) is 1.97. The van der Waals surface area contributed by atoms with Gasteiger partial charge in [0.25, 0.3) is 5.69 Å². The summed E-state index contributed by atoms with van der Waals surface area (Å²) in [4.78, 5) is 14.7. The van der Waals surface area contributed by atoms with E-state index in [1.807, 2.05) is 26.0 Å². The number of aromatic nitrogens is 1. The van der Waals surface area contributed by atoms with E-state index in [2.05, 4.69) is 4.98 Å². The maximum Gasteiger partial charge on any atom is 0.295 e. The quantitative estimate of drug-likeness (QED) is 0.480. The molecule has 4 nitrogen and oxygen atoms in total. The molecule has 0 saturated heterocycles. The molecule has 1 heterocycles. The molecule has 0 fully saturated rings. The maximum absolute atomic E-state index is 11.0. The average molecular weight is 265 g/mol. The van der Waals surface area contributed by atoms with E-state index in [0.29, 0.717) is 5.52 Å². The number of halogens is 1. The molecule has 0 aliphatic heterocycles. The number of pyridine rings is 1. The number of benzene rings is 1. The molecular weight excluding hydrogens is 252 g/mol. The molecule has 1 aromatic heterocycles. The molecule has 0 radical (unpaired) electrons. The van der Waals surface area contributed by atoms with E-state index in [1.54, 1.807) is 12.3 Å². The van der Waals surface area contributed by atoms with Crippen LogP contribution in [-0.4, -0.2) is 15.3 Å². The van der Waals surface area contributed by atoms with Gasteiger partial charge in [-0.3, -0.25) is 10.1 Å². The SMILES string of the molecule is CC(Cl)C(C)c1ccnc2c([N+](=O)[O-])cccc12. The highest BCUT2D eigenvalue weighted by atomic mass is 35.5. The number of hydrogen-bond acceptors (Lipinski definition) is 3. The van der Waals surface area contributed by atoms with Crippen molar-refractivity contribution in [3.63, 3.8) is 0 Å². The standard InChI is InChI=1S/C13H13ClN2O2/c1-8(9(2)14)10-6-7-15-13-11(10)4-3-5-12(13)16(17)18/h3-9H,1-2H3. The molecule has 94 valence electrons. The molecule has 0 saturated carbocycles. The molecule has 0 amide bonds. The number of nitro benzene ring substituents is 1. The van der Waals surface area contributed by atoms with Gasteiger partial charge in [0.05, 0.1) is 4.92 Å². The summed E-state index contributed by atoms with van der Waals surface area (Å²) in [5.41, 5.74) is 1.44. The van der Waals surface area contributed by atoms with Gasteiger partial charge >= 0.3 is 0 Å². The third-order valence-electron chi connectivity index (χ3n) is 3.16. The van der Waals surface area contributed by atoms with Gasteiger partial charge in [-0.25, -0.2) is 4.98 Å². The van der Waals surface area contributed by atoms with Crippen LogP contribution < -0.4 is 0 Å². The molecule has 2 atom stereocenters. The Kier molecular flexibility index (Phi) is 3.48. The predicted octanol–water partition coefficient (Wildman–Crippen LogP) is 3.87. The van der Waals surface area contributed by atoms with E-state index in [0.717, 1.165) is 10.9 Å². The van der Waals surface area contributed by atoms with Crippen LogP contribution in [0.2, 0.25) is 0 Å². The average Bonchev–Trinajstić information content (AvgIpc) is 2.36. The van der Waals surface area contributed by atoms with Crippen LogP contribution in [0.3, 0.4) is 0 Å². The topological polar surface area (TPSA) is 56.0 Å². The van der Waals surface area contributed by atoms with Gasteiger partial charge in [-0.2, -0.15) is 0 Å². The second-order valence-corrected chi connectivity index (χ2v) is 4.99. The fraction of sp³-hybridized carbons (Fsp3) is 0.308. The van der Waals surface area contributed by atoms with Gasteiger partial charge in [0.2, 0.25) is 0 Å². The van der Waals surface area contributed by atoms with Crippen molar-refractivity contribution in [2.24, 2.45) is 0 Å². The highest BCUT2D eigenvalue weighted by molar-refractivity contribution is 6.21. The van der Waals surface area contributed by atoms with Crippen LogP contribution in [0.4, 0.5) is 5.69 Å². The molecule has 0 spiro atoms. The van der Waals surface area contributed by atoms with Crippen LogP contribution in [0, 0.1) is 10.1 Å². The minimum Gasteiger partial charge on any atom is -0.258 e. The zero-order valence-electron chi connectivity index (χ0n) is 10.1. The Balaban J connectivity index is 2.71. The fourth-order valence-corrected chi connectivity index (χ4v) is 2.11. The molecule has 2 aromatic rings. The van der Waals surface area contributed by atoms with Crippen LogP contribution in [0.15, 0.2) is 30.5 Å². The molecule has 0 N–H and O–H groups in total. The van der Waals surface area contributed by atoms with Crippen LogP contribution >= 0.6 is 11.6 Å². The summed E-state index contributed by atoms with van der Waals surface area (Å²) in [6.07, 6.45) is 1.60. The monoisotopic (exact) mass is 264 g/mol. The van der Waals surface area contributed by atoms with Gasteiger partial charge in [-0.15, -0.1) is 11.6 Å². The van der Waals surface area contributed by atoms with Crippen LogP contribution in [0.5, 0.6) is 0 Å². The van der Waals surface area contributed by atoms with E-state index in [9.17, 15) is 10.1 Å². The van der Waals surface area contributed by atoms with Crippen molar-refractivity contribution in [2.45, 2.75) is 25.1 Å². The van der Waals surface area contributed by atoms with Crippen molar-refractivity contribution in [2.75, 3.05) is 0 Å². The molecule has 2 unspecified atom stereocenters. The number of para-hydroxylation sites is 1. The van der Waals surface area contributed by atoms with Crippen molar-refractivity contribution in [1.82, 2.24) is 4.98 Å². The molecule has 0 aliphatic carbocycles. The summed E-state index contributed by atoms with van der Waals surface area (Å²) < 4.78 is 0. The first-order chi connectivity index (χ1) is 8.52. The summed E-state index contributed by atoms with van der Waals surface area (Å²) in [6, 6.07) is 6.86. The van der Waals surface area contributed by atoms with Crippen LogP contribution in [0.25, 0.3) is 10.9 Å². The number of non-ortho nitro benzene ring substituents is 1. The summed E-state index contributed by atoms with van der Waals surface area (Å²) in [5.74, 6) is 0.110. The van der Waals surface area contributed by atoms with Gasteiger partial charge in [-0.1, -0.05) is 19.1 Å². The Hall–Kier alpha value is -1.68. The highest BCUT2D eigenvalue weighted by Crippen LogP contribution is 2.32. The van der Waals surface area contributed by atoms with Gasteiger partial charge in [0.1, 0.15) is 5.52 Å². The first-order valence-electron chi connectivity index (χ1n) is 5.68. The van der Waals surface area contributed by atoms with E-state index >= 15 is 0 Å². The minimum atomic E-state index is -0.409. The van der Waals surface area contributed by atoms with Crippen LogP contribution in [-0.2, 0) is 0 Å². The third-order valence-corrected chi connectivity index (χ3v) is 3.54. The normalized spacial score (nSPS) is 14.4. The Morgan fingerprint density at radius 1 is 1.33 bits per heavy atom. The van der Waals surface area contributed by atoms with Gasteiger partial charge in [-0.05, 0) is 24.5 Å². The molecule has 5 heteroatoms.